The average molecular weight is 242 g/mol. The van der Waals surface area contributed by atoms with E-state index in [1.54, 1.807) is 18.4 Å². The van der Waals surface area contributed by atoms with Crippen LogP contribution in [0.3, 0.4) is 0 Å². The third-order valence-corrected chi connectivity index (χ3v) is 4.19. The normalized spacial score (nSPS) is 14.0. The number of hydrogen-bond acceptors (Lipinski definition) is 4. The summed E-state index contributed by atoms with van der Waals surface area (Å²) in [7, 11) is 1.77. The van der Waals surface area contributed by atoms with Crippen molar-refractivity contribution in [2.24, 2.45) is 5.84 Å². The van der Waals surface area contributed by atoms with Crippen molar-refractivity contribution in [1.82, 2.24) is 5.43 Å². The van der Waals surface area contributed by atoms with E-state index in [4.69, 9.17) is 10.6 Å². The monoisotopic (exact) mass is 242 g/mol. The summed E-state index contributed by atoms with van der Waals surface area (Å²) in [5.74, 6) is 5.68. The molecule has 0 aromatic carbocycles. The first-order valence-electron chi connectivity index (χ1n) is 5.74. The lowest BCUT2D eigenvalue weighted by atomic mass is 9.85. The number of nitrogens with one attached hydrogen (secondary N) is 1. The molecule has 4 heteroatoms. The molecule has 1 unspecified atom stereocenters. The fourth-order valence-corrected chi connectivity index (χ4v) is 2.90. The van der Waals surface area contributed by atoms with Crippen LogP contribution in [0.25, 0.3) is 0 Å². The quantitative estimate of drug-likeness (QED) is 0.570. The standard InChI is InChI=1S/C12H22N2OS/c1-4-12(5-2,15-3)11(14-13)8-10-6-7-16-9-10/h6-7,9,11,14H,4-5,8,13H2,1-3H3. The second-order valence-electron chi connectivity index (χ2n) is 4.03. The van der Waals surface area contributed by atoms with Crippen molar-refractivity contribution in [2.75, 3.05) is 7.11 Å². The Morgan fingerprint density at radius 1 is 1.50 bits per heavy atom. The minimum atomic E-state index is -0.170. The molecule has 1 rings (SSSR count). The fourth-order valence-electron chi connectivity index (χ4n) is 2.22. The molecule has 0 saturated carbocycles. The Kier molecular flexibility index (Phi) is 5.41. The molecular weight excluding hydrogens is 220 g/mol. The zero-order chi connectivity index (χ0) is 12.0. The van der Waals surface area contributed by atoms with E-state index in [1.807, 2.05) is 0 Å². The first kappa shape index (κ1) is 13.6. The van der Waals surface area contributed by atoms with Gasteiger partial charge in [-0.25, -0.2) is 0 Å². The van der Waals surface area contributed by atoms with E-state index in [1.165, 1.54) is 5.56 Å². The molecule has 1 heterocycles. The highest BCUT2D eigenvalue weighted by molar-refractivity contribution is 7.07. The summed E-state index contributed by atoms with van der Waals surface area (Å²) in [4.78, 5) is 0. The Morgan fingerprint density at radius 2 is 2.19 bits per heavy atom. The van der Waals surface area contributed by atoms with Crippen LogP contribution in [0, 0.1) is 0 Å². The second-order valence-corrected chi connectivity index (χ2v) is 4.81. The molecule has 1 aromatic rings. The van der Waals surface area contributed by atoms with Crippen molar-refractivity contribution in [3.8, 4) is 0 Å². The van der Waals surface area contributed by atoms with Gasteiger partial charge in [-0.1, -0.05) is 13.8 Å². The number of methoxy groups -OCH3 is 1. The molecule has 0 aliphatic carbocycles. The van der Waals surface area contributed by atoms with Crippen LogP contribution in [0.15, 0.2) is 16.8 Å². The highest BCUT2D eigenvalue weighted by Crippen LogP contribution is 2.26. The third-order valence-electron chi connectivity index (χ3n) is 3.46. The number of rotatable bonds is 7. The van der Waals surface area contributed by atoms with Gasteiger partial charge in [-0.3, -0.25) is 11.3 Å². The van der Waals surface area contributed by atoms with Gasteiger partial charge in [-0.05, 0) is 41.7 Å². The van der Waals surface area contributed by atoms with Gasteiger partial charge in [0.2, 0.25) is 0 Å². The summed E-state index contributed by atoms with van der Waals surface area (Å²) < 4.78 is 5.70. The number of hydrazine groups is 1. The van der Waals surface area contributed by atoms with Gasteiger partial charge >= 0.3 is 0 Å². The molecule has 0 amide bonds. The first-order chi connectivity index (χ1) is 7.72. The van der Waals surface area contributed by atoms with Gasteiger partial charge in [0.25, 0.3) is 0 Å². The van der Waals surface area contributed by atoms with Gasteiger partial charge in [-0.2, -0.15) is 11.3 Å². The molecule has 0 fully saturated rings. The molecule has 0 saturated heterocycles. The Balaban J connectivity index is 2.78. The predicted molar refractivity (Wildman–Crippen MR) is 69.5 cm³/mol. The number of thiophene rings is 1. The molecule has 3 N–H and O–H groups in total. The Morgan fingerprint density at radius 3 is 2.56 bits per heavy atom. The zero-order valence-corrected chi connectivity index (χ0v) is 11.1. The van der Waals surface area contributed by atoms with Crippen molar-refractivity contribution >= 4 is 11.3 Å². The summed E-state index contributed by atoms with van der Waals surface area (Å²) in [5.41, 5.74) is 4.06. The molecule has 16 heavy (non-hydrogen) atoms. The topological polar surface area (TPSA) is 47.3 Å². The molecule has 0 aliphatic rings. The van der Waals surface area contributed by atoms with Crippen molar-refractivity contribution in [3.63, 3.8) is 0 Å². The van der Waals surface area contributed by atoms with Gasteiger partial charge in [0.15, 0.2) is 0 Å². The maximum Gasteiger partial charge on any atom is 0.0842 e. The number of nitrogens with two attached hydrogens (primary N) is 1. The Hall–Kier alpha value is -0.420. The molecule has 0 radical (unpaired) electrons. The van der Waals surface area contributed by atoms with Crippen LogP contribution in [0.2, 0.25) is 0 Å². The third kappa shape index (κ3) is 2.83. The maximum atomic E-state index is 5.70. The highest BCUT2D eigenvalue weighted by atomic mass is 32.1. The maximum absolute atomic E-state index is 5.70. The van der Waals surface area contributed by atoms with Crippen molar-refractivity contribution in [1.29, 1.82) is 0 Å². The molecule has 92 valence electrons. The minimum absolute atomic E-state index is 0.155. The predicted octanol–water partition coefficient (Wildman–Crippen LogP) is 2.33. The van der Waals surface area contributed by atoms with Crippen molar-refractivity contribution < 1.29 is 4.74 Å². The van der Waals surface area contributed by atoms with Gasteiger partial charge in [0, 0.05) is 7.11 Å². The van der Waals surface area contributed by atoms with Crippen LogP contribution in [-0.4, -0.2) is 18.8 Å². The van der Waals surface area contributed by atoms with E-state index in [0.29, 0.717) is 0 Å². The summed E-state index contributed by atoms with van der Waals surface area (Å²) in [6, 6.07) is 2.29. The van der Waals surface area contributed by atoms with Gasteiger partial charge in [-0.15, -0.1) is 0 Å². The lowest BCUT2D eigenvalue weighted by molar-refractivity contribution is -0.0472. The molecule has 1 atom stereocenters. The van der Waals surface area contributed by atoms with Crippen LogP contribution in [-0.2, 0) is 11.2 Å². The Bertz CT molecular complexity index is 275. The van der Waals surface area contributed by atoms with E-state index in [0.717, 1.165) is 19.3 Å². The lowest BCUT2D eigenvalue weighted by Gasteiger charge is -2.38. The molecule has 0 aliphatic heterocycles. The highest BCUT2D eigenvalue weighted by Gasteiger charge is 2.35. The second kappa shape index (κ2) is 6.35. The van der Waals surface area contributed by atoms with Crippen LogP contribution in [0.5, 0.6) is 0 Å². The van der Waals surface area contributed by atoms with E-state index in [2.05, 4.69) is 36.1 Å². The fraction of sp³-hybridized carbons (Fsp3) is 0.667. The smallest absolute Gasteiger partial charge is 0.0842 e. The number of ether oxygens (including phenoxy) is 1. The van der Waals surface area contributed by atoms with Crippen LogP contribution < -0.4 is 11.3 Å². The van der Waals surface area contributed by atoms with E-state index in [-0.39, 0.29) is 11.6 Å². The summed E-state index contributed by atoms with van der Waals surface area (Å²) >= 11 is 1.72. The first-order valence-corrected chi connectivity index (χ1v) is 6.69. The van der Waals surface area contributed by atoms with Gasteiger partial charge < -0.3 is 4.74 Å². The van der Waals surface area contributed by atoms with Crippen LogP contribution in [0.1, 0.15) is 32.3 Å². The largest absolute Gasteiger partial charge is 0.377 e. The summed E-state index contributed by atoms with van der Waals surface area (Å²) in [6.07, 6.45) is 2.83. The zero-order valence-electron chi connectivity index (χ0n) is 10.3. The Labute approximate surface area is 102 Å². The van der Waals surface area contributed by atoms with E-state index < -0.39 is 0 Å². The van der Waals surface area contributed by atoms with Crippen molar-refractivity contribution in [2.45, 2.75) is 44.8 Å². The van der Waals surface area contributed by atoms with Gasteiger partial charge in [0.05, 0.1) is 11.6 Å². The van der Waals surface area contributed by atoms with Crippen LogP contribution >= 0.6 is 11.3 Å². The molecule has 3 nitrogen and oxygen atoms in total. The molecule has 0 bridgehead atoms. The molecular formula is C12H22N2OS. The van der Waals surface area contributed by atoms with E-state index in [9.17, 15) is 0 Å². The average Bonchev–Trinajstić information content (AvgIpc) is 2.83. The molecule has 0 spiro atoms. The molecule has 1 aromatic heterocycles. The van der Waals surface area contributed by atoms with E-state index >= 15 is 0 Å². The minimum Gasteiger partial charge on any atom is -0.377 e. The lowest BCUT2D eigenvalue weighted by Crippen LogP contribution is -2.55. The van der Waals surface area contributed by atoms with Gasteiger partial charge in [0.1, 0.15) is 0 Å². The summed E-state index contributed by atoms with van der Waals surface area (Å²) in [6.45, 7) is 4.29. The van der Waals surface area contributed by atoms with Crippen molar-refractivity contribution in [3.05, 3.63) is 22.4 Å². The SMILES string of the molecule is CCC(CC)(OC)C(Cc1ccsc1)NN. The van der Waals surface area contributed by atoms with Crippen LogP contribution in [0.4, 0.5) is 0 Å². The number of hydrogen-bond donors (Lipinski definition) is 2. The summed E-state index contributed by atoms with van der Waals surface area (Å²) in [5, 5.41) is 4.26.